The number of aliphatic imine (C=N–C) groups is 1. The van der Waals surface area contributed by atoms with Crippen molar-refractivity contribution in [2.75, 3.05) is 0 Å². The zero-order chi connectivity index (χ0) is 11.7. The number of aromatic nitrogens is 1. The highest BCUT2D eigenvalue weighted by Gasteiger charge is 2.13. The molecular formula is C12H11ClN2O. The molecule has 0 amide bonds. The lowest BCUT2D eigenvalue weighted by atomic mass is 10.2. The molecule has 0 saturated carbocycles. The van der Waals surface area contributed by atoms with Crippen LogP contribution in [-0.4, -0.2) is 10.6 Å². The van der Waals surface area contributed by atoms with Crippen LogP contribution >= 0.6 is 11.6 Å². The number of hydrogen-bond acceptors (Lipinski definition) is 2. The second-order valence-corrected chi connectivity index (χ2v) is 4.25. The Hall–Kier alpha value is -1.57. The predicted octanol–water partition coefficient (Wildman–Crippen LogP) is 3.84. The van der Waals surface area contributed by atoms with Crippen LogP contribution in [0.4, 0.5) is 5.82 Å². The first-order chi connectivity index (χ1) is 7.65. The molecule has 82 valence electrons. The Morgan fingerprint density at radius 1 is 1.44 bits per heavy atom. The Bertz CT molecular complexity index is 580. The topological polar surface area (TPSA) is 34.4 Å². The van der Waals surface area contributed by atoms with Crippen LogP contribution in [0.25, 0.3) is 10.9 Å². The Morgan fingerprint density at radius 2 is 2.19 bits per heavy atom. The first kappa shape index (κ1) is 10.9. The van der Waals surface area contributed by atoms with E-state index >= 15 is 0 Å². The van der Waals surface area contributed by atoms with Crippen molar-refractivity contribution in [1.82, 2.24) is 4.57 Å². The zero-order valence-electron chi connectivity index (χ0n) is 9.07. The minimum Gasteiger partial charge on any atom is -0.321 e. The molecule has 0 atom stereocenters. The number of halogens is 1. The summed E-state index contributed by atoms with van der Waals surface area (Å²) in [4.78, 5) is 14.1. The van der Waals surface area contributed by atoms with Crippen LogP contribution in [0.5, 0.6) is 0 Å². The van der Waals surface area contributed by atoms with Crippen molar-refractivity contribution in [1.29, 1.82) is 0 Å². The van der Waals surface area contributed by atoms with Gasteiger partial charge in [-0.05, 0) is 26.0 Å². The monoisotopic (exact) mass is 234 g/mol. The molecule has 0 aliphatic rings. The normalized spacial score (nSPS) is 10.8. The van der Waals surface area contributed by atoms with Crippen molar-refractivity contribution in [2.45, 2.75) is 19.9 Å². The molecule has 0 spiro atoms. The van der Waals surface area contributed by atoms with Gasteiger partial charge in [0.15, 0.2) is 0 Å². The van der Waals surface area contributed by atoms with Crippen molar-refractivity contribution >= 4 is 34.4 Å². The third-order valence-electron chi connectivity index (χ3n) is 2.47. The molecule has 0 aliphatic heterocycles. The molecular weight excluding hydrogens is 224 g/mol. The maximum atomic E-state index is 10.4. The minimum absolute atomic E-state index is 0.185. The summed E-state index contributed by atoms with van der Waals surface area (Å²) in [5, 5.41) is 1.65. The highest BCUT2D eigenvalue weighted by molar-refractivity contribution is 6.35. The number of rotatable bonds is 2. The fraction of sp³-hybridized carbons (Fsp3) is 0.250. The summed E-state index contributed by atoms with van der Waals surface area (Å²) in [7, 11) is 0. The van der Waals surface area contributed by atoms with Crippen LogP contribution < -0.4 is 0 Å². The molecule has 1 heterocycles. The molecule has 0 unspecified atom stereocenters. The van der Waals surface area contributed by atoms with E-state index in [0.717, 1.165) is 10.9 Å². The standard InChI is InChI=1S/C12H11ClN2O/c1-8(2)15-11(14-7-16)6-9-4-3-5-10(13)12(9)15/h3-6,8H,1-2H3. The lowest BCUT2D eigenvalue weighted by molar-refractivity contribution is 0.564. The highest BCUT2D eigenvalue weighted by atomic mass is 35.5. The molecule has 0 bridgehead atoms. The van der Waals surface area contributed by atoms with Gasteiger partial charge in [0, 0.05) is 11.4 Å². The number of nitrogens with zero attached hydrogens (tertiary/aromatic N) is 2. The van der Waals surface area contributed by atoms with Gasteiger partial charge in [0.25, 0.3) is 0 Å². The first-order valence-corrected chi connectivity index (χ1v) is 5.40. The molecule has 16 heavy (non-hydrogen) atoms. The lowest BCUT2D eigenvalue weighted by Crippen LogP contribution is -1.99. The van der Waals surface area contributed by atoms with E-state index in [2.05, 4.69) is 4.99 Å². The van der Waals surface area contributed by atoms with Crippen molar-refractivity contribution < 1.29 is 4.79 Å². The Labute approximate surface area is 98.4 Å². The largest absolute Gasteiger partial charge is 0.321 e. The Balaban J connectivity index is 2.87. The quantitative estimate of drug-likeness (QED) is 0.574. The van der Waals surface area contributed by atoms with Gasteiger partial charge in [-0.25, -0.2) is 4.79 Å². The number of fused-ring (bicyclic) bond motifs is 1. The third-order valence-corrected chi connectivity index (χ3v) is 2.77. The van der Waals surface area contributed by atoms with Crippen LogP contribution in [0.15, 0.2) is 29.3 Å². The average molecular weight is 235 g/mol. The predicted molar refractivity (Wildman–Crippen MR) is 65.1 cm³/mol. The van der Waals surface area contributed by atoms with Crippen LogP contribution in [0, 0.1) is 0 Å². The summed E-state index contributed by atoms with van der Waals surface area (Å²) in [5.74, 6) is 0.591. The number of para-hydroxylation sites is 1. The van der Waals surface area contributed by atoms with Gasteiger partial charge in [-0.2, -0.15) is 0 Å². The summed E-state index contributed by atoms with van der Waals surface area (Å²) in [6, 6.07) is 7.68. The molecule has 0 saturated heterocycles. The summed E-state index contributed by atoms with van der Waals surface area (Å²) < 4.78 is 1.93. The molecule has 0 fully saturated rings. The molecule has 1 aromatic carbocycles. The van der Waals surface area contributed by atoms with Gasteiger partial charge in [0.1, 0.15) is 5.82 Å². The second kappa shape index (κ2) is 4.12. The van der Waals surface area contributed by atoms with E-state index in [-0.39, 0.29) is 6.04 Å². The van der Waals surface area contributed by atoms with Crippen LogP contribution in [0.1, 0.15) is 19.9 Å². The van der Waals surface area contributed by atoms with Crippen LogP contribution in [0.2, 0.25) is 5.02 Å². The van der Waals surface area contributed by atoms with Crippen molar-refractivity contribution in [3.63, 3.8) is 0 Å². The van der Waals surface area contributed by atoms with E-state index in [9.17, 15) is 4.79 Å². The molecule has 0 N–H and O–H groups in total. The van der Waals surface area contributed by atoms with Crippen LogP contribution in [-0.2, 0) is 4.79 Å². The zero-order valence-corrected chi connectivity index (χ0v) is 9.82. The molecule has 2 aromatic rings. The smallest absolute Gasteiger partial charge is 0.242 e. The summed E-state index contributed by atoms with van der Waals surface area (Å²) >= 11 is 6.16. The SMILES string of the molecule is CC(C)n1c(N=C=O)cc2cccc(Cl)c21. The number of isocyanates is 1. The maximum Gasteiger partial charge on any atom is 0.242 e. The van der Waals surface area contributed by atoms with Gasteiger partial charge in [-0.1, -0.05) is 23.7 Å². The fourth-order valence-corrected chi connectivity index (χ4v) is 2.15. The van der Waals surface area contributed by atoms with Crippen molar-refractivity contribution in [3.8, 4) is 0 Å². The molecule has 0 radical (unpaired) electrons. The van der Waals surface area contributed by atoms with Crippen molar-refractivity contribution in [3.05, 3.63) is 29.3 Å². The molecule has 0 aliphatic carbocycles. The molecule has 2 rings (SSSR count). The maximum absolute atomic E-state index is 10.4. The van der Waals surface area contributed by atoms with Gasteiger partial charge in [-0.3, -0.25) is 0 Å². The van der Waals surface area contributed by atoms with E-state index in [0.29, 0.717) is 10.8 Å². The van der Waals surface area contributed by atoms with Crippen molar-refractivity contribution in [2.24, 2.45) is 4.99 Å². The molecule has 1 aromatic heterocycles. The number of benzene rings is 1. The van der Waals surface area contributed by atoms with E-state index in [4.69, 9.17) is 11.6 Å². The Kier molecular flexibility index (Phi) is 2.82. The lowest BCUT2D eigenvalue weighted by Gasteiger charge is -2.11. The highest BCUT2D eigenvalue weighted by Crippen LogP contribution is 2.33. The summed E-state index contributed by atoms with van der Waals surface area (Å²) in [6.07, 6.45) is 1.57. The van der Waals surface area contributed by atoms with E-state index in [1.54, 1.807) is 6.08 Å². The number of carbonyl (C=O) groups excluding carboxylic acids is 1. The van der Waals surface area contributed by atoms with E-state index in [1.807, 2.05) is 42.7 Å². The summed E-state index contributed by atoms with van der Waals surface area (Å²) in [5.41, 5.74) is 0.910. The third kappa shape index (κ3) is 1.64. The fourth-order valence-electron chi connectivity index (χ4n) is 1.88. The Morgan fingerprint density at radius 3 is 2.81 bits per heavy atom. The molecule has 3 nitrogen and oxygen atoms in total. The van der Waals surface area contributed by atoms with Crippen LogP contribution in [0.3, 0.4) is 0 Å². The van der Waals surface area contributed by atoms with Gasteiger partial charge in [0.05, 0.1) is 10.5 Å². The van der Waals surface area contributed by atoms with Gasteiger partial charge in [-0.15, -0.1) is 4.99 Å². The minimum atomic E-state index is 0.185. The number of hydrogen-bond donors (Lipinski definition) is 0. The second-order valence-electron chi connectivity index (χ2n) is 3.85. The van der Waals surface area contributed by atoms with Gasteiger partial charge in [0.2, 0.25) is 6.08 Å². The van der Waals surface area contributed by atoms with Gasteiger partial charge >= 0.3 is 0 Å². The van der Waals surface area contributed by atoms with E-state index in [1.165, 1.54) is 0 Å². The summed E-state index contributed by atoms with van der Waals surface area (Å²) in [6.45, 7) is 4.04. The first-order valence-electron chi connectivity index (χ1n) is 5.02. The average Bonchev–Trinajstić information content (AvgIpc) is 2.58. The van der Waals surface area contributed by atoms with E-state index < -0.39 is 0 Å². The van der Waals surface area contributed by atoms with Gasteiger partial charge < -0.3 is 4.57 Å². The molecule has 4 heteroatoms.